The lowest BCUT2D eigenvalue weighted by Gasteiger charge is -2.48. The molecule has 1 amide bonds. The molecule has 1 saturated heterocycles. The predicted octanol–water partition coefficient (Wildman–Crippen LogP) is 2.94. The second-order valence-corrected chi connectivity index (χ2v) is 7.00. The summed E-state index contributed by atoms with van der Waals surface area (Å²) in [5.41, 5.74) is 1.21. The molecule has 1 unspecified atom stereocenters. The van der Waals surface area contributed by atoms with Crippen molar-refractivity contribution in [3.05, 3.63) is 60.2 Å². The standard InChI is InChI=1S/C23H27NO6/c1-16(30-15-29-14-13-27-2)20-21(22(25)17-7-5-4-6-8-17)24(23(20)26)18-9-11-19(28-3)12-10-18/h4-12,16,20-21H,13-15H2,1-3H3/t16?,20-,21+/m0/s1. The van der Waals surface area contributed by atoms with Crippen molar-refractivity contribution in [1.29, 1.82) is 0 Å². The van der Waals surface area contributed by atoms with E-state index >= 15 is 0 Å². The Balaban J connectivity index is 1.79. The number of ether oxygens (including phenoxy) is 4. The fourth-order valence-corrected chi connectivity index (χ4v) is 3.51. The summed E-state index contributed by atoms with van der Waals surface area (Å²) in [6, 6.07) is 15.4. The first-order valence-electron chi connectivity index (χ1n) is 9.83. The number of benzene rings is 2. The van der Waals surface area contributed by atoms with Crippen LogP contribution in [0.5, 0.6) is 5.75 Å². The van der Waals surface area contributed by atoms with Crippen molar-refractivity contribution in [1.82, 2.24) is 0 Å². The number of rotatable bonds is 11. The lowest BCUT2D eigenvalue weighted by atomic mass is 9.78. The van der Waals surface area contributed by atoms with Crippen LogP contribution in [0.1, 0.15) is 17.3 Å². The molecule has 3 atom stereocenters. The highest BCUT2D eigenvalue weighted by atomic mass is 16.7. The van der Waals surface area contributed by atoms with Crippen molar-refractivity contribution < 1.29 is 28.5 Å². The van der Waals surface area contributed by atoms with Crippen molar-refractivity contribution in [2.75, 3.05) is 39.1 Å². The predicted molar refractivity (Wildman–Crippen MR) is 112 cm³/mol. The summed E-state index contributed by atoms with van der Waals surface area (Å²) in [5, 5.41) is 0. The largest absolute Gasteiger partial charge is 0.497 e. The van der Waals surface area contributed by atoms with Gasteiger partial charge in [-0.1, -0.05) is 30.3 Å². The van der Waals surface area contributed by atoms with E-state index in [1.54, 1.807) is 57.5 Å². The molecule has 0 N–H and O–H groups in total. The molecule has 0 saturated carbocycles. The van der Waals surface area contributed by atoms with E-state index in [9.17, 15) is 9.59 Å². The van der Waals surface area contributed by atoms with Crippen LogP contribution in [-0.4, -0.2) is 58.1 Å². The number of methoxy groups -OCH3 is 2. The molecule has 1 aliphatic heterocycles. The van der Waals surface area contributed by atoms with Crippen LogP contribution < -0.4 is 9.64 Å². The topological polar surface area (TPSA) is 74.3 Å². The van der Waals surface area contributed by atoms with Gasteiger partial charge >= 0.3 is 0 Å². The number of hydrogen-bond acceptors (Lipinski definition) is 6. The van der Waals surface area contributed by atoms with Crippen LogP contribution in [0.2, 0.25) is 0 Å². The molecule has 2 aromatic carbocycles. The number of amides is 1. The molecular formula is C23H27NO6. The van der Waals surface area contributed by atoms with Crippen LogP contribution in [0.25, 0.3) is 0 Å². The average Bonchev–Trinajstić information content (AvgIpc) is 2.78. The molecule has 0 radical (unpaired) electrons. The smallest absolute Gasteiger partial charge is 0.236 e. The van der Waals surface area contributed by atoms with E-state index in [-0.39, 0.29) is 18.5 Å². The minimum absolute atomic E-state index is 0.0308. The Morgan fingerprint density at radius 1 is 1.03 bits per heavy atom. The van der Waals surface area contributed by atoms with Crippen LogP contribution in [0.3, 0.4) is 0 Å². The summed E-state index contributed by atoms with van der Waals surface area (Å²) in [4.78, 5) is 27.9. The van der Waals surface area contributed by atoms with Gasteiger partial charge in [0.25, 0.3) is 0 Å². The summed E-state index contributed by atoms with van der Waals surface area (Å²) in [5.74, 6) is -0.185. The average molecular weight is 413 g/mol. The minimum atomic E-state index is -0.651. The molecule has 7 nitrogen and oxygen atoms in total. The van der Waals surface area contributed by atoms with Crippen LogP contribution >= 0.6 is 0 Å². The highest BCUT2D eigenvalue weighted by molar-refractivity contribution is 6.17. The summed E-state index contributed by atoms with van der Waals surface area (Å²) < 4.78 is 21.2. The zero-order valence-corrected chi connectivity index (χ0v) is 17.4. The minimum Gasteiger partial charge on any atom is -0.497 e. The lowest BCUT2D eigenvalue weighted by molar-refractivity contribution is -0.146. The molecular weight excluding hydrogens is 386 g/mol. The van der Waals surface area contributed by atoms with Gasteiger partial charge in [-0.15, -0.1) is 0 Å². The van der Waals surface area contributed by atoms with Crippen LogP contribution in [-0.2, 0) is 19.0 Å². The second-order valence-electron chi connectivity index (χ2n) is 7.00. The number of carbonyl (C=O) groups is 2. The molecule has 160 valence electrons. The maximum absolute atomic E-state index is 13.3. The van der Waals surface area contributed by atoms with E-state index in [0.29, 0.717) is 30.2 Å². The monoisotopic (exact) mass is 413 g/mol. The molecule has 1 fully saturated rings. The van der Waals surface area contributed by atoms with Gasteiger partial charge in [-0.2, -0.15) is 0 Å². The van der Waals surface area contributed by atoms with Gasteiger partial charge in [0.2, 0.25) is 5.91 Å². The van der Waals surface area contributed by atoms with Crippen molar-refractivity contribution in [2.45, 2.75) is 19.1 Å². The Bertz CT molecular complexity index is 839. The van der Waals surface area contributed by atoms with Gasteiger partial charge < -0.3 is 23.8 Å². The third kappa shape index (κ3) is 4.70. The van der Waals surface area contributed by atoms with Crippen LogP contribution in [0.4, 0.5) is 5.69 Å². The zero-order chi connectivity index (χ0) is 21.5. The number of carbonyl (C=O) groups excluding carboxylic acids is 2. The molecule has 0 aromatic heterocycles. The first-order valence-corrected chi connectivity index (χ1v) is 9.83. The molecule has 30 heavy (non-hydrogen) atoms. The number of hydrogen-bond donors (Lipinski definition) is 0. The zero-order valence-electron chi connectivity index (χ0n) is 17.4. The Hall–Kier alpha value is -2.74. The summed E-state index contributed by atoms with van der Waals surface area (Å²) in [6.45, 7) is 2.68. The Labute approximate surface area is 176 Å². The van der Waals surface area contributed by atoms with Crippen LogP contribution in [0, 0.1) is 5.92 Å². The molecule has 0 aliphatic carbocycles. The number of Topliss-reactive ketones (excluding diaryl/α,β-unsaturated/α-hetero) is 1. The highest BCUT2D eigenvalue weighted by Gasteiger charge is 2.54. The van der Waals surface area contributed by atoms with Gasteiger partial charge in [0, 0.05) is 18.4 Å². The van der Waals surface area contributed by atoms with E-state index in [1.807, 2.05) is 18.2 Å². The molecule has 2 aromatic rings. The number of anilines is 1. The normalized spacial score (nSPS) is 19.3. The number of β-lactam (4-membered cyclic amide) rings is 1. The maximum Gasteiger partial charge on any atom is 0.236 e. The van der Waals surface area contributed by atoms with Gasteiger partial charge in [-0.25, -0.2) is 0 Å². The lowest BCUT2D eigenvalue weighted by Crippen LogP contribution is -2.68. The molecule has 0 spiro atoms. The van der Waals surface area contributed by atoms with Gasteiger partial charge in [-0.05, 0) is 31.2 Å². The fraction of sp³-hybridized carbons (Fsp3) is 0.391. The molecule has 0 bridgehead atoms. The van der Waals surface area contributed by atoms with Gasteiger partial charge in [0.1, 0.15) is 18.6 Å². The van der Waals surface area contributed by atoms with E-state index in [4.69, 9.17) is 18.9 Å². The van der Waals surface area contributed by atoms with Crippen molar-refractivity contribution in [3.8, 4) is 5.75 Å². The van der Waals surface area contributed by atoms with Gasteiger partial charge in [-0.3, -0.25) is 9.59 Å². The second kappa shape index (κ2) is 10.3. The van der Waals surface area contributed by atoms with Crippen LogP contribution in [0.15, 0.2) is 54.6 Å². The SMILES string of the molecule is COCCOCOC(C)[C@@H]1C(=O)N(c2ccc(OC)cc2)[C@H]1C(=O)c1ccccc1. The van der Waals surface area contributed by atoms with Gasteiger partial charge in [0.05, 0.1) is 32.3 Å². The number of ketones is 1. The molecule has 3 rings (SSSR count). The number of nitrogens with zero attached hydrogens (tertiary/aromatic N) is 1. The Kier molecular flexibility index (Phi) is 7.57. The van der Waals surface area contributed by atoms with E-state index in [2.05, 4.69) is 0 Å². The molecule has 1 heterocycles. The third-order valence-electron chi connectivity index (χ3n) is 5.17. The summed E-state index contributed by atoms with van der Waals surface area (Å²) in [6.07, 6.45) is -0.479. The van der Waals surface area contributed by atoms with E-state index in [1.165, 1.54) is 4.90 Å². The first-order chi connectivity index (χ1) is 14.6. The molecule has 1 aliphatic rings. The quantitative estimate of drug-likeness (QED) is 0.244. The van der Waals surface area contributed by atoms with Crippen molar-refractivity contribution in [3.63, 3.8) is 0 Å². The Morgan fingerprint density at radius 2 is 1.73 bits per heavy atom. The Morgan fingerprint density at radius 3 is 2.37 bits per heavy atom. The summed E-state index contributed by atoms with van der Waals surface area (Å²) in [7, 11) is 3.17. The van der Waals surface area contributed by atoms with E-state index in [0.717, 1.165) is 0 Å². The highest BCUT2D eigenvalue weighted by Crippen LogP contribution is 2.38. The van der Waals surface area contributed by atoms with Gasteiger partial charge in [0.15, 0.2) is 5.78 Å². The van der Waals surface area contributed by atoms with E-state index < -0.39 is 18.1 Å². The third-order valence-corrected chi connectivity index (χ3v) is 5.17. The maximum atomic E-state index is 13.3. The van der Waals surface area contributed by atoms with Crippen molar-refractivity contribution >= 4 is 17.4 Å². The fourth-order valence-electron chi connectivity index (χ4n) is 3.51. The summed E-state index contributed by atoms with van der Waals surface area (Å²) >= 11 is 0. The first kappa shape index (κ1) is 22.0. The van der Waals surface area contributed by atoms with Crippen molar-refractivity contribution in [2.24, 2.45) is 5.92 Å². The molecule has 7 heteroatoms.